The van der Waals surface area contributed by atoms with Gasteiger partial charge in [0.15, 0.2) is 5.76 Å². The second-order valence-electron chi connectivity index (χ2n) is 7.14. The number of benzene rings is 3. The minimum atomic E-state index is -1.99. The molecular weight excluding hydrogens is 400 g/mol. The van der Waals surface area contributed by atoms with Crippen molar-refractivity contribution in [2.75, 3.05) is 12.0 Å². The average molecular weight is 421 g/mol. The number of rotatable bonds is 7. The zero-order valence-corrected chi connectivity index (χ0v) is 16.9. The summed E-state index contributed by atoms with van der Waals surface area (Å²) in [6.45, 7) is -0.0437. The summed E-state index contributed by atoms with van der Waals surface area (Å²) in [6, 6.07) is 24.5. The van der Waals surface area contributed by atoms with E-state index in [-0.39, 0.29) is 6.61 Å². The van der Waals surface area contributed by atoms with Crippen molar-refractivity contribution in [3.05, 3.63) is 108 Å². The predicted octanol–water partition coefficient (Wildman–Crippen LogP) is 5.72. The summed E-state index contributed by atoms with van der Waals surface area (Å²) in [6.07, 6.45) is -1.99. The van der Waals surface area contributed by atoms with E-state index in [2.05, 4.69) is 0 Å². The van der Waals surface area contributed by atoms with E-state index in [1.807, 2.05) is 12.1 Å². The Hall–Kier alpha value is -3.67. The van der Waals surface area contributed by atoms with Gasteiger partial charge >= 0.3 is 6.08 Å². The van der Waals surface area contributed by atoms with Crippen LogP contribution in [0.3, 0.4) is 0 Å². The minimum absolute atomic E-state index is 0.0437. The molecule has 1 heterocycles. The number of carbonyl (C=O) groups is 1. The van der Waals surface area contributed by atoms with Crippen LogP contribution in [0, 0.1) is 5.92 Å². The molecule has 1 saturated heterocycles. The first-order valence-corrected chi connectivity index (χ1v) is 9.84. The van der Waals surface area contributed by atoms with Gasteiger partial charge in [-0.05, 0) is 35.4 Å². The minimum Gasteiger partial charge on any atom is -0.497 e. The number of anilines is 1. The van der Waals surface area contributed by atoms with E-state index >= 15 is 0 Å². The maximum Gasteiger partial charge on any atom is 0.308 e. The SMILES string of the molecule is COc1ccc(C2C(C(OCc3ccccc3)=C(F)F)C(=O)N2c2ccccc2)cc1. The zero-order valence-electron chi connectivity index (χ0n) is 16.9. The second-order valence-corrected chi connectivity index (χ2v) is 7.14. The summed E-state index contributed by atoms with van der Waals surface area (Å²) in [4.78, 5) is 14.6. The van der Waals surface area contributed by atoms with Gasteiger partial charge in [-0.1, -0.05) is 60.7 Å². The Morgan fingerprint density at radius 2 is 1.52 bits per heavy atom. The molecule has 158 valence electrons. The van der Waals surface area contributed by atoms with Gasteiger partial charge in [0.1, 0.15) is 18.3 Å². The van der Waals surface area contributed by atoms with E-state index in [1.165, 1.54) is 4.90 Å². The van der Waals surface area contributed by atoms with Crippen LogP contribution in [0.2, 0.25) is 0 Å². The monoisotopic (exact) mass is 421 g/mol. The van der Waals surface area contributed by atoms with E-state index in [9.17, 15) is 13.6 Å². The molecule has 1 amide bonds. The highest BCUT2D eigenvalue weighted by Gasteiger charge is 2.53. The van der Waals surface area contributed by atoms with E-state index in [0.717, 1.165) is 11.1 Å². The van der Waals surface area contributed by atoms with E-state index in [1.54, 1.807) is 79.9 Å². The molecule has 1 aliphatic heterocycles. The number of para-hydroxylation sites is 1. The Balaban J connectivity index is 1.67. The number of ether oxygens (including phenoxy) is 2. The summed E-state index contributed by atoms with van der Waals surface area (Å²) in [5.41, 5.74) is 2.11. The standard InChI is InChI=1S/C25H21F2NO3/c1-30-20-14-12-18(13-15-20)22-21(25(29)28(22)19-10-6-3-7-11-19)23(24(26)27)31-16-17-8-4-2-5-9-17/h2-15,21-22H,16H2,1H3. The van der Waals surface area contributed by atoms with Crippen LogP contribution in [0.4, 0.5) is 14.5 Å². The highest BCUT2D eigenvalue weighted by Crippen LogP contribution is 2.48. The molecule has 4 rings (SSSR count). The first kappa shape index (κ1) is 20.6. The molecule has 0 saturated carbocycles. The highest BCUT2D eigenvalue weighted by atomic mass is 19.3. The van der Waals surface area contributed by atoms with E-state index < -0.39 is 29.7 Å². The number of carbonyl (C=O) groups excluding carboxylic acids is 1. The lowest BCUT2D eigenvalue weighted by Crippen LogP contribution is -2.56. The summed E-state index contributed by atoms with van der Waals surface area (Å²) in [7, 11) is 1.55. The smallest absolute Gasteiger partial charge is 0.308 e. The number of halogens is 2. The number of hydrogen-bond donors (Lipinski definition) is 0. The van der Waals surface area contributed by atoms with Gasteiger partial charge in [0, 0.05) is 5.69 Å². The fourth-order valence-corrected chi connectivity index (χ4v) is 3.76. The van der Waals surface area contributed by atoms with Crippen LogP contribution in [0.25, 0.3) is 0 Å². The van der Waals surface area contributed by atoms with Crippen molar-refractivity contribution in [1.29, 1.82) is 0 Å². The largest absolute Gasteiger partial charge is 0.497 e. The maximum atomic E-state index is 13.9. The van der Waals surface area contributed by atoms with Gasteiger partial charge in [0.05, 0.1) is 13.2 Å². The predicted molar refractivity (Wildman–Crippen MR) is 114 cm³/mol. The number of methoxy groups -OCH3 is 1. The van der Waals surface area contributed by atoms with Crippen molar-refractivity contribution in [3.63, 3.8) is 0 Å². The Kier molecular flexibility index (Phi) is 5.98. The van der Waals surface area contributed by atoms with Gasteiger partial charge in [0.25, 0.3) is 0 Å². The Bertz CT molecular complexity index is 1060. The molecule has 2 unspecified atom stereocenters. The summed E-state index contributed by atoms with van der Waals surface area (Å²) < 4.78 is 38.6. The summed E-state index contributed by atoms with van der Waals surface area (Å²) in [5.74, 6) is -1.47. The van der Waals surface area contributed by atoms with Crippen LogP contribution in [0.5, 0.6) is 5.75 Å². The summed E-state index contributed by atoms with van der Waals surface area (Å²) >= 11 is 0. The van der Waals surface area contributed by atoms with Crippen LogP contribution >= 0.6 is 0 Å². The van der Waals surface area contributed by atoms with Gasteiger partial charge in [-0.3, -0.25) is 4.79 Å². The number of amides is 1. The Morgan fingerprint density at radius 1 is 0.903 bits per heavy atom. The van der Waals surface area contributed by atoms with Crippen molar-refractivity contribution >= 4 is 11.6 Å². The third kappa shape index (κ3) is 4.14. The fraction of sp³-hybridized carbons (Fsp3) is 0.160. The molecular formula is C25H21F2NO3. The van der Waals surface area contributed by atoms with Gasteiger partial charge in [-0.15, -0.1) is 0 Å². The van der Waals surface area contributed by atoms with Crippen molar-refractivity contribution in [3.8, 4) is 5.75 Å². The van der Waals surface area contributed by atoms with Gasteiger partial charge in [0.2, 0.25) is 5.91 Å². The Labute approximate surface area is 179 Å². The van der Waals surface area contributed by atoms with Crippen LogP contribution in [-0.2, 0) is 16.1 Å². The van der Waals surface area contributed by atoms with E-state index in [4.69, 9.17) is 9.47 Å². The number of nitrogens with zero attached hydrogens (tertiary/aromatic N) is 1. The van der Waals surface area contributed by atoms with E-state index in [0.29, 0.717) is 11.4 Å². The number of β-lactam (4-membered cyclic amide) rings is 1. The highest BCUT2D eigenvalue weighted by molar-refractivity contribution is 6.04. The third-order valence-electron chi connectivity index (χ3n) is 5.29. The Morgan fingerprint density at radius 3 is 2.10 bits per heavy atom. The zero-order chi connectivity index (χ0) is 21.8. The average Bonchev–Trinajstić information content (AvgIpc) is 2.81. The van der Waals surface area contributed by atoms with Crippen LogP contribution in [0.1, 0.15) is 17.2 Å². The third-order valence-corrected chi connectivity index (χ3v) is 5.29. The molecule has 0 spiro atoms. The summed E-state index contributed by atoms with van der Waals surface area (Å²) in [5, 5.41) is 0. The van der Waals surface area contributed by atoms with Gasteiger partial charge < -0.3 is 14.4 Å². The molecule has 3 aromatic rings. The molecule has 0 aliphatic carbocycles. The lowest BCUT2D eigenvalue weighted by Gasteiger charge is -2.47. The fourth-order valence-electron chi connectivity index (χ4n) is 3.76. The second kappa shape index (κ2) is 9.00. The molecule has 1 fully saturated rings. The van der Waals surface area contributed by atoms with Gasteiger partial charge in [-0.25, -0.2) is 0 Å². The van der Waals surface area contributed by atoms with Crippen LogP contribution in [0.15, 0.2) is 96.8 Å². The molecule has 31 heavy (non-hydrogen) atoms. The quantitative estimate of drug-likeness (QED) is 0.362. The number of hydrogen-bond acceptors (Lipinski definition) is 3. The molecule has 0 bridgehead atoms. The first-order valence-electron chi connectivity index (χ1n) is 9.84. The molecule has 0 radical (unpaired) electrons. The molecule has 0 N–H and O–H groups in total. The van der Waals surface area contributed by atoms with Crippen LogP contribution < -0.4 is 9.64 Å². The normalized spacial score (nSPS) is 17.6. The molecule has 2 atom stereocenters. The molecule has 0 aromatic heterocycles. The van der Waals surface area contributed by atoms with Crippen molar-refractivity contribution in [1.82, 2.24) is 0 Å². The molecule has 3 aromatic carbocycles. The lowest BCUT2D eigenvalue weighted by molar-refractivity contribution is -0.131. The van der Waals surface area contributed by atoms with Crippen molar-refractivity contribution < 1.29 is 23.0 Å². The molecule has 4 nitrogen and oxygen atoms in total. The van der Waals surface area contributed by atoms with Crippen molar-refractivity contribution in [2.24, 2.45) is 5.92 Å². The van der Waals surface area contributed by atoms with Gasteiger partial charge in [-0.2, -0.15) is 8.78 Å². The van der Waals surface area contributed by atoms with Crippen LogP contribution in [-0.4, -0.2) is 13.0 Å². The lowest BCUT2D eigenvalue weighted by atomic mass is 9.80. The first-order chi connectivity index (χ1) is 15.1. The molecule has 1 aliphatic rings. The topological polar surface area (TPSA) is 38.8 Å². The van der Waals surface area contributed by atoms with Crippen molar-refractivity contribution in [2.45, 2.75) is 12.6 Å². The molecule has 6 heteroatoms. The maximum absolute atomic E-state index is 13.9.